The molecule has 0 nitrogen and oxygen atoms in total. The van der Waals surface area contributed by atoms with E-state index >= 15 is 0 Å². The largest absolute Gasteiger partial charge is 0.207 e. The Hall–Kier alpha value is -0.270. The molecular weight excluding hydrogens is 186 g/mol. The van der Waals surface area contributed by atoms with Gasteiger partial charge in [0.05, 0.1) is 0 Å². The molecular formula is C8H7Cl2F. The van der Waals surface area contributed by atoms with E-state index in [1.54, 1.807) is 6.07 Å². The second-order valence-electron chi connectivity index (χ2n) is 2.30. The standard InChI is InChI=1S/C8H7Cl2F/c1-5-2-3-6(11)4-7(5)8(9)10/h2-4,8H,1H3. The lowest BCUT2D eigenvalue weighted by Crippen LogP contribution is -1.88. The topological polar surface area (TPSA) is 0 Å². The van der Waals surface area contributed by atoms with Crippen molar-refractivity contribution in [2.45, 2.75) is 11.8 Å². The molecule has 0 saturated carbocycles. The third-order valence-electron chi connectivity index (χ3n) is 1.48. The van der Waals surface area contributed by atoms with Gasteiger partial charge in [-0.1, -0.05) is 6.07 Å². The van der Waals surface area contributed by atoms with Crippen molar-refractivity contribution in [2.75, 3.05) is 0 Å². The summed E-state index contributed by atoms with van der Waals surface area (Å²) in [7, 11) is 0. The lowest BCUT2D eigenvalue weighted by Gasteiger charge is -2.04. The van der Waals surface area contributed by atoms with Gasteiger partial charge < -0.3 is 0 Å². The molecule has 0 radical (unpaired) electrons. The summed E-state index contributed by atoms with van der Waals surface area (Å²) >= 11 is 11.2. The fourth-order valence-electron chi connectivity index (χ4n) is 0.846. The van der Waals surface area contributed by atoms with E-state index in [9.17, 15) is 4.39 Å². The summed E-state index contributed by atoms with van der Waals surface area (Å²) in [5.74, 6) is -0.308. The van der Waals surface area contributed by atoms with E-state index < -0.39 is 4.84 Å². The highest BCUT2D eigenvalue weighted by molar-refractivity contribution is 6.44. The number of rotatable bonds is 1. The molecule has 0 bridgehead atoms. The van der Waals surface area contributed by atoms with Crippen LogP contribution in [0.15, 0.2) is 18.2 Å². The Kier molecular flexibility index (Phi) is 2.74. The Balaban J connectivity index is 3.13. The molecule has 0 amide bonds. The van der Waals surface area contributed by atoms with Gasteiger partial charge in [-0.3, -0.25) is 0 Å². The van der Waals surface area contributed by atoms with Crippen molar-refractivity contribution in [3.05, 3.63) is 35.1 Å². The van der Waals surface area contributed by atoms with E-state index in [1.165, 1.54) is 12.1 Å². The first-order valence-corrected chi connectivity index (χ1v) is 4.02. The molecule has 1 rings (SSSR count). The molecule has 0 aromatic heterocycles. The molecule has 60 valence electrons. The summed E-state index contributed by atoms with van der Waals surface area (Å²) in [6.07, 6.45) is 0. The molecule has 0 atom stereocenters. The maximum absolute atomic E-state index is 12.6. The molecule has 0 aliphatic rings. The van der Waals surface area contributed by atoms with Crippen LogP contribution in [0.2, 0.25) is 0 Å². The van der Waals surface area contributed by atoms with Crippen molar-refractivity contribution in [3.8, 4) is 0 Å². The van der Waals surface area contributed by atoms with Gasteiger partial charge in [-0.15, -0.1) is 23.2 Å². The summed E-state index contributed by atoms with van der Waals surface area (Å²) in [5, 5.41) is 0. The van der Waals surface area contributed by atoms with Gasteiger partial charge in [-0.2, -0.15) is 0 Å². The number of hydrogen-bond acceptors (Lipinski definition) is 0. The van der Waals surface area contributed by atoms with Gasteiger partial charge >= 0.3 is 0 Å². The van der Waals surface area contributed by atoms with Crippen LogP contribution in [0.1, 0.15) is 16.0 Å². The molecule has 0 spiro atoms. The molecule has 11 heavy (non-hydrogen) atoms. The molecule has 0 fully saturated rings. The van der Waals surface area contributed by atoms with Crippen LogP contribution in [0.25, 0.3) is 0 Å². The van der Waals surface area contributed by atoms with Crippen LogP contribution < -0.4 is 0 Å². The number of hydrogen-bond donors (Lipinski definition) is 0. The first-order chi connectivity index (χ1) is 5.11. The zero-order chi connectivity index (χ0) is 8.43. The van der Waals surface area contributed by atoms with Gasteiger partial charge in [0.1, 0.15) is 10.7 Å². The van der Waals surface area contributed by atoms with Crippen LogP contribution in [0.3, 0.4) is 0 Å². The Morgan fingerprint density at radius 2 is 2.00 bits per heavy atom. The molecule has 1 aromatic carbocycles. The van der Waals surface area contributed by atoms with Crippen molar-refractivity contribution < 1.29 is 4.39 Å². The van der Waals surface area contributed by atoms with Crippen LogP contribution in [0.4, 0.5) is 4.39 Å². The number of aryl methyl sites for hydroxylation is 1. The molecule has 0 unspecified atom stereocenters. The summed E-state index contributed by atoms with van der Waals surface area (Å²) in [5.41, 5.74) is 1.54. The van der Waals surface area contributed by atoms with E-state index in [2.05, 4.69) is 0 Å². The second-order valence-corrected chi connectivity index (χ2v) is 3.40. The Bertz CT molecular complexity index is 258. The van der Waals surface area contributed by atoms with E-state index in [4.69, 9.17) is 23.2 Å². The highest BCUT2D eigenvalue weighted by Crippen LogP contribution is 2.27. The average Bonchev–Trinajstić information content (AvgIpc) is 1.94. The minimum atomic E-state index is -0.648. The molecule has 0 N–H and O–H groups in total. The number of alkyl halides is 2. The minimum absolute atomic E-state index is 0.308. The molecule has 0 heterocycles. The highest BCUT2D eigenvalue weighted by atomic mass is 35.5. The third kappa shape index (κ3) is 2.08. The summed E-state index contributed by atoms with van der Waals surface area (Å²) in [6, 6.07) is 4.39. The fourth-order valence-corrected chi connectivity index (χ4v) is 1.32. The molecule has 0 aliphatic heterocycles. The van der Waals surface area contributed by atoms with Gasteiger partial charge in [-0.05, 0) is 30.2 Å². The third-order valence-corrected chi connectivity index (χ3v) is 1.95. The molecule has 3 heteroatoms. The van der Waals surface area contributed by atoms with Crippen LogP contribution in [-0.4, -0.2) is 0 Å². The predicted molar refractivity (Wildman–Crippen MR) is 45.6 cm³/mol. The zero-order valence-corrected chi connectivity index (χ0v) is 7.46. The van der Waals surface area contributed by atoms with Gasteiger partial charge in [0.25, 0.3) is 0 Å². The molecule has 1 aromatic rings. The van der Waals surface area contributed by atoms with Crippen molar-refractivity contribution >= 4 is 23.2 Å². The second kappa shape index (κ2) is 3.42. The number of benzene rings is 1. The normalized spacial score (nSPS) is 10.6. The zero-order valence-electron chi connectivity index (χ0n) is 5.94. The van der Waals surface area contributed by atoms with Crippen molar-refractivity contribution in [2.24, 2.45) is 0 Å². The first kappa shape index (κ1) is 8.82. The van der Waals surface area contributed by atoms with E-state index in [0.29, 0.717) is 5.56 Å². The Labute approximate surface area is 74.9 Å². The smallest absolute Gasteiger partial charge is 0.133 e. The summed E-state index contributed by atoms with van der Waals surface area (Å²) < 4.78 is 12.6. The lowest BCUT2D eigenvalue weighted by atomic mass is 10.1. The highest BCUT2D eigenvalue weighted by Gasteiger charge is 2.07. The number of halogens is 3. The van der Waals surface area contributed by atoms with E-state index in [-0.39, 0.29) is 5.82 Å². The van der Waals surface area contributed by atoms with Crippen LogP contribution in [0, 0.1) is 12.7 Å². The summed E-state index contributed by atoms with van der Waals surface area (Å²) in [4.78, 5) is -0.648. The van der Waals surface area contributed by atoms with Crippen molar-refractivity contribution in [1.82, 2.24) is 0 Å². The quantitative estimate of drug-likeness (QED) is 0.597. The summed E-state index contributed by atoms with van der Waals surface area (Å²) in [6.45, 7) is 1.84. The molecule has 0 saturated heterocycles. The van der Waals surface area contributed by atoms with Gasteiger partial charge in [0.15, 0.2) is 0 Å². The first-order valence-electron chi connectivity index (χ1n) is 3.15. The van der Waals surface area contributed by atoms with Crippen molar-refractivity contribution in [3.63, 3.8) is 0 Å². The van der Waals surface area contributed by atoms with E-state index in [0.717, 1.165) is 5.56 Å². The van der Waals surface area contributed by atoms with Gasteiger partial charge in [-0.25, -0.2) is 4.39 Å². The fraction of sp³-hybridized carbons (Fsp3) is 0.250. The van der Waals surface area contributed by atoms with Crippen LogP contribution in [0.5, 0.6) is 0 Å². The Morgan fingerprint density at radius 3 is 2.45 bits per heavy atom. The van der Waals surface area contributed by atoms with Crippen LogP contribution in [-0.2, 0) is 0 Å². The molecule has 0 aliphatic carbocycles. The lowest BCUT2D eigenvalue weighted by molar-refractivity contribution is 0.625. The van der Waals surface area contributed by atoms with Crippen molar-refractivity contribution in [1.29, 1.82) is 0 Å². The maximum Gasteiger partial charge on any atom is 0.133 e. The minimum Gasteiger partial charge on any atom is -0.207 e. The van der Waals surface area contributed by atoms with Crippen LogP contribution >= 0.6 is 23.2 Å². The SMILES string of the molecule is Cc1ccc(F)cc1C(Cl)Cl. The monoisotopic (exact) mass is 192 g/mol. The van der Waals surface area contributed by atoms with E-state index in [1.807, 2.05) is 6.92 Å². The predicted octanol–water partition coefficient (Wildman–Crippen LogP) is 3.61. The Morgan fingerprint density at radius 1 is 1.36 bits per heavy atom. The van der Waals surface area contributed by atoms with Gasteiger partial charge in [0, 0.05) is 0 Å². The van der Waals surface area contributed by atoms with Gasteiger partial charge in [0.2, 0.25) is 0 Å². The average molecular weight is 193 g/mol. The maximum atomic E-state index is 12.6.